The van der Waals surface area contributed by atoms with Crippen LogP contribution in [0.4, 0.5) is 17.1 Å². The fourth-order valence-corrected chi connectivity index (χ4v) is 2.42. The molecule has 0 spiro atoms. The smallest absolute Gasteiger partial charge is 0.221 e. The summed E-state index contributed by atoms with van der Waals surface area (Å²) in [6.07, 6.45) is -4.41. The highest BCUT2D eigenvalue weighted by atomic mass is 16.6. The number of benzene rings is 1. The molecule has 1 aromatic rings. The molecule has 1 heterocycles. The first-order valence-corrected chi connectivity index (χ1v) is 7.40. The highest BCUT2D eigenvalue weighted by Gasteiger charge is 2.42. The Bertz CT molecular complexity index is 623. The largest absolute Gasteiger partial charge is 0.394 e. The monoisotopic (exact) mass is 339 g/mol. The van der Waals surface area contributed by atoms with Gasteiger partial charge >= 0.3 is 0 Å². The second-order valence-corrected chi connectivity index (χ2v) is 5.53. The van der Waals surface area contributed by atoms with E-state index in [9.17, 15) is 19.8 Å². The Morgan fingerprint density at radius 1 is 1.08 bits per heavy atom. The Morgan fingerprint density at radius 3 is 2.29 bits per heavy atom. The normalized spacial score (nSPS) is 26.0. The van der Waals surface area contributed by atoms with Crippen LogP contribution in [0, 0.1) is 0 Å². The van der Waals surface area contributed by atoms with Crippen molar-refractivity contribution in [3.8, 4) is 0 Å². The molecule has 0 saturated carbocycles. The van der Waals surface area contributed by atoms with Gasteiger partial charge < -0.3 is 36.0 Å². The van der Waals surface area contributed by atoms with Crippen LogP contribution in [-0.4, -0.2) is 58.3 Å². The molecular formula is C15H21N3O6. The van der Waals surface area contributed by atoms with Gasteiger partial charge in [0.1, 0.15) is 18.3 Å². The average molecular weight is 339 g/mol. The molecule has 1 aliphatic heterocycles. The first-order valence-electron chi connectivity index (χ1n) is 7.40. The number of hydrogen-bond acceptors (Lipinski definition) is 7. The maximum atomic E-state index is 11.3. The van der Waals surface area contributed by atoms with Crippen LogP contribution in [0.3, 0.4) is 0 Å². The van der Waals surface area contributed by atoms with Crippen LogP contribution in [0.15, 0.2) is 18.2 Å². The van der Waals surface area contributed by atoms with Crippen LogP contribution in [-0.2, 0) is 14.3 Å². The summed E-state index contributed by atoms with van der Waals surface area (Å²) in [4.78, 5) is 22.5. The standard InChI is InChI=1S/C15H21N3O6/c1-7(20)16-9-3-4-10(17-8(2)21)11(5-9)18-15-14(23)13(22)12(6-19)24-15/h3-5,12-15,18-19,22-23H,6H2,1-2H3,(H,16,20)(H,17,21)/t12-,13+,14-,15-/m0/s1. The van der Waals surface area contributed by atoms with Crippen LogP contribution in [0.5, 0.6) is 0 Å². The Labute approximate surface area is 138 Å². The number of ether oxygens (including phenoxy) is 1. The predicted molar refractivity (Wildman–Crippen MR) is 86.4 cm³/mol. The minimum Gasteiger partial charge on any atom is -0.394 e. The molecular weight excluding hydrogens is 318 g/mol. The molecule has 1 fully saturated rings. The molecule has 0 aromatic heterocycles. The second-order valence-electron chi connectivity index (χ2n) is 5.53. The molecule has 0 bridgehead atoms. The average Bonchev–Trinajstić information content (AvgIpc) is 2.76. The fourth-order valence-electron chi connectivity index (χ4n) is 2.42. The predicted octanol–water partition coefficient (Wildman–Crippen LogP) is -0.546. The van der Waals surface area contributed by atoms with Crippen LogP contribution in [0.2, 0.25) is 0 Å². The van der Waals surface area contributed by atoms with Gasteiger partial charge in [-0.05, 0) is 18.2 Å². The van der Waals surface area contributed by atoms with Crippen LogP contribution < -0.4 is 16.0 Å². The molecule has 9 heteroatoms. The number of amides is 2. The molecule has 2 amide bonds. The first kappa shape index (κ1) is 18.1. The lowest BCUT2D eigenvalue weighted by molar-refractivity contribution is -0.115. The van der Waals surface area contributed by atoms with Gasteiger partial charge in [0, 0.05) is 19.5 Å². The van der Waals surface area contributed by atoms with Gasteiger partial charge in [-0.2, -0.15) is 0 Å². The molecule has 0 radical (unpaired) electrons. The van der Waals surface area contributed by atoms with E-state index in [1.807, 2.05) is 0 Å². The maximum absolute atomic E-state index is 11.3. The molecule has 0 unspecified atom stereocenters. The summed E-state index contributed by atoms with van der Waals surface area (Å²) in [6.45, 7) is 2.26. The van der Waals surface area contributed by atoms with Crippen molar-refractivity contribution >= 4 is 28.9 Å². The Hall–Kier alpha value is -2.20. The highest BCUT2D eigenvalue weighted by molar-refractivity contribution is 5.95. The van der Waals surface area contributed by atoms with E-state index in [0.29, 0.717) is 17.1 Å². The van der Waals surface area contributed by atoms with Crippen molar-refractivity contribution in [3.63, 3.8) is 0 Å². The Kier molecular flexibility index (Phi) is 5.73. The third kappa shape index (κ3) is 4.20. The summed E-state index contributed by atoms with van der Waals surface area (Å²) < 4.78 is 5.36. The van der Waals surface area contributed by atoms with E-state index >= 15 is 0 Å². The van der Waals surface area contributed by atoms with E-state index in [4.69, 9.17) is 9.84 Å². The minimum absolute atomic E-state index is 0.263. The van der Waals surface area contributed by atoms with Gasteiger partial charge in [-0.1, -0.05) is 0 Å². The molecule has 132 valence electrons. The quantitative estimate of drug-likeness (QED) is 0.423. The zero-order valence-corrected chi connectivity index (χ0v) is 13.3. The van der Waals surface area contributed by atoms with Gasteiger partial charge in [-0.15, -0.1) is 0 Å². The van der Waals surface area contributed by atoms with Gasteiger partial charge in [0.05, 0.1) is 18.0 Å². The van der Waals surface area contributed by atoms with Crippen LogP contribution in [0.1, 0.15) is 13.8 Å². The van der Waals surface area contributed by atoms with E-state index in [1.54, 1.807) is 18.2 Å². The number of rotatable bonds is 5. The van der Waals surface area contributed by atoms with Gasteiger partial charge in [0.15, 0.2) is 6.23 Å². The molecule has 4 atom stereocenters. The molecule has 1 saturated heterocycles. The number of carbonyl (C=O) groups is 2. The number of hydrogen-bond donors (Lipinski definition) is 6. The molecule has 9 nitrogen and oxygen atoms in total. The minimum atomic E-state index is -1.27. The van der Waals surface area contributed by atoms with Crippen molar-refractivity contribution in [3.05, 3.63) is 18.2 Å². The zero-order valence-electron chi connectivity index (χ0n) is 13.3. The third-order valence-electron chi connectivity index (χ3n) is 3.49. The second kappa shape index (κ2) is 7.58. The number of anilines is 3. The van der Waals surface area contributed by atoms with Crippen molar-refractivity contribution < 1.29 is 29.6 Å². The number of carbonyl (C=O) groups excluding carboxylic acids is 2. The van der Waals surface area contributed by atoms with Gasteiger partial charge in [0.25, 0.3) is 0 Å². The number of nitrogens with one attached hydrogen (secondary N) is 3. The van der Waals surface area contributed by atoms with E-state index < -0.39 is 31.1 Å². The topological polar surface area (TPSA) is 140 Å². The lowest BCUT2D eigenvalue weighted by Gasteiger charge is -2.21. The van der Waals surface area contributed by atoms with Gasteiger partial charge in [-0.3, -0.25) is 9.59 Å². The Balaban J connectivity index is 2.25. The van der Waals surface area contributed by atoms with E-state index in [-0.39, 0.29) is 11.8 Å². The van der Waals surface area contributed by atoms with E-state index in [2.05, 4.69) is 16.0 Å². The molecule has 6 N–H and O–H groups in total. The summed E-state index contributed by atoms with van der Waals surface area (Å²) in [7, 11) is 0. The molecule has 0 aliphatic carbocycles. The van der Waals surface area contributed by atoms with Crippen molar-refractivity contribution in [2.45, 2.75) is 38.4 Å². The Morgan fingerprint density at radius 2 is 1.75 bits per heavy atom. The SMILES string of the molecule is CC(=O)Nc1ccc(NC(C)=O)c(N[C@H]2O[C@@H](CO)[C@@H](O)[C@@H]2O)c1. The van der Waals surface area contributed by atoms with Crippen LogP contribution >= 0.6 is 0 Å². The first-order chi connectivity index (χ1) is 11.3. The summed E-state index contributed by atoms with van der Waals surface area (Å²) >= 11 is 0. The van der Waals surface area contributed by atoms with Gasteiger partial charge in [0.2, 0.25) is 11.8 Å². The van der Waals surface area contributed by atoms with Crippen molar-refractivity contribution in [1.29, 1.82) is 0 Å². The molecule has 2 rings (SSSR count). The van der Waals surface area contributed by atoms with E-state index in [0.717, 1.165) is 0 Å². The lowest BCUT2D eigenvalue weighted by Crippen LogP contribution is -2.36. The van der Waals surface area contributed by atoms with Gasteiger partial charge in [-0.25, -0.2) is 0 Å². The summed E-state index contributed by atoms with van der Waals surface area (Å²) in [5.74, 6) is -0.562. The molecule has 1 aliphatic rings. The van der Waals surface area contributed by atoms with Crippen LogP contribution in [0.25, 0.3) is 0 Å². The van der Waals surface area contributed by atoms with Crippen molar-refractivity contribution in [1.82, 2.24) is 0 Å². The molecule has 24 heavy (non-hydrogen) atoms. The summed E-state index contributed by atoms with van der Waals surface area (Å²) in [6, 6.07) is 4.74. The van der Waals surface area contributed by atoms with Crippen molar-refractivity contribution in [2.24, 2.45) is 0 Å². The summed E-state index contributed by atoms with van der Waals surface area (Å²) in [5, 5.41) is 37.0. The number of aliphatic hydroxyl groups excluding tert-OH is 3. The zero-order chi connectivity index (χ0) is 17.9. The maximum Gasteiger partial charge on any atom is 0.221 e. The molecule has 1 aromatic carbocycles. The van der Waals surface area contributed by atoms with E-state index in [1.165, 1.54) is 13.8 Å². The summed E-state index contributed by atoms with van der Waals surface area (Å²) in [5.41, 5.74) is 1.27. The third-order valence-corrected chi connectivity index (χ3v) is 3.49. The van der Waals surface area contributed by atoms with Crippen molar-refractivity contribution in [2.75, 3.05) is 22.6 Å². The highest BCUT2D eigenvalue weighted by Crippen LogP contribution is 2.30. The fraction of sp³-hybridized carbons (Fsp3) is 0.467. The number of aliphatic hydroxyl groups is 3. The lowest BCUT2D eigenvalue weighted by atomic mass is 10.1.